The van der Waals surface area contributed by atoms with E-state index < -0.39 is 4.92 Å². The van der Waals surface area contributed by atoms with Crippen LogP contribution in [0.5, 0.6) is 0 Å². The van der Waals surface area contributed by atoms with Gasteiger partial charge in [-0.3, -0.25) is 10.1 Å². The van der Waals surface area contributed by atoms with Crippen molar-refractivity contribution in [2.24, 2.45) is 5.92 Å². The topological polar surface area (TPSA) is 81.2 Å². The SMILES string of the molecule is O=[N+]([O-])c1cccc2oc(NCCC3CCC3)nc12. The Labute approximate surface area is 110 Å². The van der Waals surface area contributed by atoms with Gasteiger partial charge in [-0.1, -0.05) is 25.3 Å². The monoisotopic (exact) mass is 261 g/mol. The van der Waals surface area contributed by atoms with Gasteiger partial charge in [-0.25, -0.2) is 0 Å². The molecule has 0 spiro atoms. The maximum atomic E-state index is 10.9. The van der Waals surface area contributed by atoms with Crippen LogP contribution in [0.1, 0.15) is 25.7 Å². The smallest absolute Gasteiger partial charge is 0.298 e. The number of nitrogens with one attached hydrogen (secondary N) is 1. The number of benzene rings is 1. The third-order valence-corrected chi connectivity index (χ3v) is 3.65. The summed E-state index contributed by atoms with van der Waals surface area (Å²) in [6, 6.07) is 5.09. The second kappa shape index (κ2) is 4.87. The molecule has 0 radical (unpaired) electrons. The van der Waals surface area contributed by atoms with Crippen LogP contribution in [0.2, 0.25) is 0 Å². The van der Waals surface area contributed by atoms with Crippen molar-refractivity contribution < 1.29 is 9.34 Å². The molecule has 1 aliphatic rings. The zero-order valence-electron chi connectivity index (χ0n) is 10.5. The molecule has 1 heterocycles. The maximum Gasteiger partial charge on any atom is 0.298 e. The summed E-state index contributed by atoms with van der Waals surface area (Å²) in [6.07, 6.45) is 5.04. The Morgan fingerprint density at radius 1 is 1.47 bits per heavy atom. The normalized spacial score (nSPS) is 15.4. The minimum absolute atomic E-state index is 0.0201. The minimum Gasteiger partial charge on any atom is -0.423 e. The summed E-state index contributed by atoms with van der Waals surface area (Å²) in [7, 11) is 0. The number of oxazole rings is 1. The third-order valence-electron chi connectivity index (χ3n) is 3.65. The molecule has 1 aromatic heterocycles. The Kier molecular flexibility index (Phi) is 3.06. The van der Waals surface area contributed by atoms with Gasteiger partial charge in [0.2, 0.25) is 0 Å². The molecule has 1 saturated carbocycles. The molecule has 0 atom stereocenters. The number of nitro groups is 1. The molecule has 0 aliphatic heterocycles. The van der Waals surface area contributed by atoms with Crippen LogP contribution in [0, 0.1) is 16.0 Å². The summed E-state index contributed by atoms with van der Waals surface area (Å²) in [5, 5.41) is 14.0. The third kappa shape index (κ3) is 2.38. The van der Waals surface area contributed by atoms with E-state index in [1.54, 1.807) is 12.1 Å². The lowest BCUT2D eigenvalue weighted by molar-refractivity contribution is -0.383. The van der Waals surface area contributed by atoms with E-state index >= 15 is 0 Å². The second-order valence-corrected chi connectivity index (χ2v) is 4.91. The number of nitro benzene ring substituents is 1. The van der Waals surface area contributed by atoms with Crippen molar-refractivity contribution in [3.63, 3.8) is 0 Å². The van der Waals surface area contributed by atoms with E-state index in [0.29, 0.717) is 17.1 Å². The molecule has 6 heteroatoms. The van der Waals surface area contributed by atoms with Crippen molar-refractivity contribution in [1.29, 1.82) is 0 Å². The molecule has 6 nitrogen and oxygen atoms in total. The molecular weight excluding hydrogens is 246 g/mol. The van der Waals surface area contributed by atoms with Crippen LogP contribution in [-0.2, 0) is 0 Å². The van der Waals surface area contributed by atoms with Gasteiger partial charge in [0.15, 0.2) is 11.1 Å². The molecule has 1 N–H and O–H groups in total. The standard InChI is InChI=1S/C13H15N3O3/c17-16(18)10-5-2-6-11-12(10)15-13(19-11)14-8-7-9-3-1-4-9/h2,5-6,9H,1,3-4,7-8H2,(H,14,15). The highest BCUT2D eigenvalue weighted by atomic mass is 16.6. The summed E-state index contributed by atoms with van der Waals surface area (Å²) < 4.78 is 5.47. The van der Waals surface area contributed by atoms with Crippen LogP contribution in [0.25, 0.3) is 11.1 Å². The maximum absolute atomic E-state index is 10.9. The van der Waals surface area contributed by atoms with Crippen LogP contribution < -0.4 is 5.32 Å². The first-order valence-electron chi connectivity index (χ1n) is 6.52. The van der Waals surface area contributed by atoms with E-state index in [1.165, 1.54) is 25.3 Å². The molecular formula is C13H15N3O3. The van der Waals surface area contributed by atoms with Crippen molar-refractivity contribution in [1.82, 2.24) is 4.98 Å². The number of aromatic nitrogens is 1. The number of hydrogen-bond acceptors (Lipinski definition) is 5. The zero-order valence-corrected chi connectivity index (χ0v) is 10.5. The number of para-hydroxylation sites is 1. The summed E-state index contributed by atoms with van der Waals surface area (Å²) >= 11 is 0. The van der Waals surface area contributed by atoms with E-state index in [2.05, 4.69) is 10.3 Å². The van der Waals surface area contributed by atoms with Gasteiger partial charge in [0, 0.05) is 12.6 Å². The van der Waals surface area contributed by atoms with Crippen molar-refractivity contribution in [3.8, 4) is 0 Å². The van der Waals surface area contributed by atoms with Gasteiger partial charge in [-0.05, 0) is 18.4 Å². The molecule has 0 saturated heterocycles. The minimum atomic E-state index is -0.441. The van der Waals surface area contributed by atoms with E-state index in [4.69, 9.17) is 4.42 Å². The van der Waals surface area contributed by atoms with Crippen LogP contribution in [0.4, 0.5) is 11.7 Å². The fraction of sp³-hybridized carbons (Fsp3) is 0.462. The van der Waals surface area contributed by atoms with Gasteiger partial charge in [0.25, 0.3) is 11.7 Å². The van der Waals surface area contributed by atoms with Crippen LogP contribution >= 0.6 is 0 Å². The predicted molar refractivity (Wildman–Crippen MR) is 71.1 cm³/mol. The van der Waals surface area contributed by atoms with Crippen LogP contribution in [0.15, 0.2) is 22.6 Å². The Balaban J connectivity index is 1.73. The fourth-order valence-electron chi connectivity index (χ4n) is 2.32. The van der Waals surface area contributed by atoms with Crippen molar-refractivity contribution >= 4 is 22.8 Å². The van der Waals surface area contributed by atoms with E-state index in [-0.39, 0.29) is 5.69 Å². The average molecular weight is 261 g/mol. The highest BCUT2D eigenvalue weighted by Crippen LogP contribution is 2.30. The fourth-order valence-corrected chi connectivity index (χ4v) is 2.32. The van der Waals surface area contributed by atoms with E-state index in [9.17, 15) is 10.1 Å². The Bertz CT molecular complexity index is 604. The first kappa shape index (κ1) is 12.0. The number of fused-ring (bicyclic) bond motifs is 1. The van der Waals surface area contributed by atoms with E-state index in [0.717, 1.165) is 18.9 Å². The van der Waals surface area contributed by atoms with E-state index in [1.807, 2.05) is 0 Å². The average Bonchev–Trinajstić information content (AvgIpc) is 2.74. The molecule has 0 bridgehead atoms. The zero-order chi connectivity index (χ0) is 13.2. The summed E-state index contributed by atoms with van der Waals surface area (Å²) in [5.74, 6) is 0.811. The molecule has 3 rings (SSSR count). The highest BCUT2D eigenvalue weighted by Gasteiger charge is 2.19. The molecule has 0 unspecified atom stereocenters. The van der Waals surface area contributed by atoms with Gasteiger partial charge in [-0.15, -0.1) is 0 Å². The van der Waals surface area contributed by atoms with Gasteiger partial charge in [0.05, 0.1) is 4.92 Å². The first-order valence-corrected chi connectivity index (χ1v) is 6.52. The van der Waals surface area contributed by atoms with Crippen LogP contribution in [-0.4, -0.2) is 16.5 Å². The summed E-state index contributed by atoms with van der Waals surface area (Å²) in [6.45, 7) is 0.797. The van der Waals surface area contributed by atoms with Crippen molar-refractivity contribution in [2.75, 3.05) is 11.9 Å². The molecule has 2 aromatic rings. The molecule has 1 fully saturated rings. The lowest BCUT2D eigenvalue weighted by Gasteiger charge is -2.24. The molecule has 1 aromatic carbocycles. The van der Waals surface area contributed by atoms with Crippen molar-refractivity contribution in [2.45, 2.75) is 25.7 Å². The molecule has 0 amide bonds. The molecule has 1 aliphatic carbocycles. The summed E-state index contributed by atoms with van der Waals surface area (Å²) in [4.78, 5) is 14.6. The van der Waals surface area contributed by atoms with Crippen molar-refractivity contribution in [3.05, 3.63) is 28.3 Å². The number of hydrogen-bond donors (Lipinski definition) is 1. The first-order chi connectivity index (χ1) is 9.24. The van der Waals surface area contributed by atoms with Gasteiger partial charge in [0.1, 0.15) is 0 Å². The molecule has 19 heavy (non-hydrogen) atoms. The number of anilines is 1. The Hall–Kier alpha value is -2.11. The number of nitrogens with zero attached hydrogens (tertiary/aromatic N) is 2. The highest BCUT2D eigenvalue weighted by molar-refractivity contribution is 5.83. The van der Waals surface area contributed by atoms with Gasteiger partial charge >= 0.3 is 0 Å². The lowest BCUT2D eigenvalue weighted by Crippen LogP contribution is -2.15. The van der Waals surface area contributed by atoms with Gasteiger partial charge in [-0.2, -0.15) is 4.98 Å². The molecule has 100 valence electrons. The number of rotatable bonds is 5. The summed E-state index contributed by atoms with van der Waals surface area (Å²) in [5.41, 5.74) is 0.729. The Morgan fingerprint density at radius 3 is 3.00 bits per heavy atom. The number of non-ortho nitro benzene ring substituents is 1. The second-order valence-electron chi connectivity index (χ2n) is 4.91. The van der Waals surface area contributed by atoms with Crippen LogP contribution in [0.3, 0.4) is 0 Å². The van der Waals surface area contributed by atoms with Gasteiger partial charge < -0.3 is 9.73 Å². The predicted octanol–water partition coefficient (Wildman–Crippen LogP) is 3.34. The largest absolute Gasteiger partial charge is 0.423 e. The Morgan fingerprint density at radius 2 is 2.32 bits per heavy atom. The quantitative estimate of drug-likeness (QED) is 0.659. The lowest BCUT2D eigenvalue weighted by atomic mass is 9.83.